The third kappa shape index (κ3) is 3.71. The van der Waals surface area contributed by atoms with Gasteiger partial charge >= 0.3 is 5.97 Å². The molecule has 0 saturated carbocycles. The smallest absolute Gasteiger partial charge is 0.358 e. The van der Waals surface area contributed by atoms with Crippen LogP contribution in [0.15, 0.2) is 47.8 Å². The summed E-state index contributed by atoms with van der Waals surface area (Å²) < 4.78 is 5.42. The minimum absolute atomic E-state index is 0.268. The molecule has 122 valence electrons. The SMILES string of the molecule is Cc1ccc(-c2nc(C(=O)OCc3cc(C)ccc3C)cs2)cc1. The van der Waals surface area contributed by atoms with Crippen LogP contribution in [0.25, 0.3) is 10.6 Å². The number of hydrogen-bond donors (Lipinski definition) is 0. The van der Waals surface area contributed by atoms with E-state index in [-0.39, 0.29) is 12.6 Å². The molecule has 0 aliphatic rings. The molecule has 0 spiro atoms. The molecule has 0 amide bonds. The first-order valence-corrected chi connectivity index (χ1v) is 8.67. The van der Waals surface area contributed by atoms with Crippen molar-refractivity contribution in [3.8, 4) is 10.6 Å². The molecule has 3 nitrogen and oxygen atoms in total. The first-order chi connectivity index (χ1) is 11.5. The number of hydrogen-bond acceptors (Lipinski definition) is 4. The first-order valence-electron chi connectivity index (χ1n) is 7.79. The van der Waals surface area contributed by atoms with Gasteiger partial charge in [-0.2, -0.15) is 0 Å². The monoisotopic (exact) mass is 337 g/mol. The molecule has 2 aromatic carbocycles. The molecular weight excluding hydrogens is 318 g/mol. The van der Waals surface area contributed by atoms with Crippen LogP contribution in [0.1, 0.15) is 32.7 Å². The molecule has 1 heterocycles. The number of thiazole rings is 1. The number of carbonyl (C=O) groups is 1. The van der Waals surface area contributed by atoms with E-state index in [1.165, 1.54) is 16.9 Å². The van der Waals surface area contributed by atoms with Crippen molar-refractivity contribution >= 4 is 17.3 Å². The summed E-state index contributed by atoms with van der Waals surface area (Å²) >= 11 is 1.45. The highest BCUT2D eigenvalue weighted by molar-refractivity contribution is 7.13. The van der Waals surface area contributed by atoms with E-state index in [2.05, 4.69) is 11.1 Å². The van der Waals surface area contributed by atoms with Gasteiger partial charge in [0.15, 0.2) is 5.69 Å². The van der Waals surface area contributed by atoms with Gasteiger partial charge < -0.3 is 4.74 Å². The van der Waals surface area contributed by atoms with Gasteiger partial charge in [0.25, 0.3) is 0 Å². The fourth-order valence-electron chi connectivity index (χ4n) is 2.37. The van der Waals surface area contributed by atoms with Gasteiger partial charge in [0.2, 0.25) is 0 Å². The van der Waals surface area contributed by atoms with E-state index in [4.69, 9.17) is 4.74 Å². The van der Waals surface area contributed by atoms with Crippen molar-refractivity contribution in [1.29, 1.82) is 0 Å². The Morgan fingerprint density at radius 3 is 2.50 bits per heavy atom. The topological polar surface area (TPSA) is 39.2 Å². The van der Waals surface area contributed by atoms with Crippen LogP contribution in [0.2, 0.25) is 0 Å². The van der Waals surface area contributed by atoms with Crippen molar-refractivity contribution in [2.24, 2.45) is 0 Å². The molecule has 0 saturated heterocycles. The van der Waals surface area contributed by atoms with Crippen LogP contribution in [0.5, 0.6) is 0 Å². The summed E-state index contributed by atoms with van der Waals surface area (Å²) in [7, 11) is 0. The molecule has 4 heteroatoms. The zero-order valence-electron chi connectivity index (χ0n) is 14.0. The summed E-state index contributed by atoms with van der Waals surface area (Å²) in [4.78, 5) is 16.6. The van der Waals surface area contributed by atoms with Crippen LogP contribution >= 0.6 is 11.3 Å². The predicted molar refractivity (Wildman–Crippen MR) is 97.3 cm³/mol. The molecule has 0 atom stereocenters. The largest absolute Gasteiger partial charge is 0.456 e. The van der Waals surface area contributed by atoms with Gasteiger partial charge in [0.05, 0.1) is 0 Å². The number of nitrogens with zero attached hydrogens (tertiary/aromatic N) is 1. The molecule has 0 unspecified atom stereocenters. The average Bonchev–Trinajstić information content (AvgIpc) is 3.06. The Morgan fingerprint density at radius 1 is 1.04 bits per heavy atom. The Balaban J connectivity index is 1.70. The lowest BCUT2D eigenvalue weighted by atomic mass is 10.1. The van der Waals surface area contributed by atoms with Crippen molar-refractivity contribution in [3.63, 3.8) is 0 Å². The van der Waals surface area contributed by atoms with E-state index in [1.807, 2.05) is 57.2 Å². The van der Waals surface area contributed by atoms with Crippen molar-refractivity contribution < 1.29 is 9.53 Å². The van der Waals surface area contributed by atoms with Crippen LogP contribution in [0.3, 0.4) is 0 Å². The van der Waals surface area contributed by atoms with Crippen LogP contribution < -0.4 is 0 Å². The third-order valence-electron chi connectivity index (χ3n) is 3.88. The highest BCUT2D eigenvalue weighted by Crippen LogP contribution is 2.24. The molecule has 0 aliphatic carbocycles. The Labute approximate surface area is 146 Å². The Kier molecular flexibility index (Phi) is 4.76. The summed E-state index contributed by atoms with van der Waals surface area (Å²) in [5, 5.41) is 2.58. The number of carbonyl (C=O) groups excluding carboxylic acids is 1. The minimum atomic E-state index is -0.384. The maximum atomic E-state index is 12.2. The zero-order valence-corrected chi connectivity index (χ0v) is 14.8. The Hall–Kier alpha value is -2.46. The van der Waals surface area contributed by atoms with Crippen molar-refractivity contribution in [3.05, 3.63) is 75.8 Å². The van der Waals surface area contributed by atoms with Gasteiger partial charge in [-0.15, -0.1) is 11.3 Å². The van der Waals surface area contributed by atoms with Crippen molar-refractivity contribution in [1.82, 2.24) is 4.98 Å². The molecular formula is C20H19NO2S. The molecule has 1 aromatic heterocycles. The van der Waals surface area contributed by atoms with Gasteiger partial charge in [-0.05, 0) is 31.9 Å². The van der Waals surface area contributed by atoms with Crippen molar-refractivity contribution in [2.75, 3.05) is 0 Å². The lowest BCUT2D eigenvalue weighted by Crippen LogP contribution is -2.06. The lowest BCUT2D eigenvalue weighted by molar-refractivity contribution is 0.0466. The summed E-state index contributed by atoms with van der Waals surface area (Å²) in [6.45, 7) is 6.35. The third-order valence-corrected chi connectivity index (χ3v) is 4.77. The molecule has 24 heavy (non-hydrogen) atoms. The van der Waals surface area contributed by atoms with Gasteiger partial charge in [0, 0.05) is 10.9 Å². The fourth-order valence-corrected chi connectivity index (χ4v) is 3.16. The number of rotatable bonds is 4. The molecule has 0 aliphatic heterocycles. The highest BCUT2D eigenvalue weighted by atomic mass is 32.1. The second kappa shape index (κ2) is 6.97. The maximum absolute atomic E-state index is 12.2. The Morgan fingerprint density at radius 2 is 1.75 bits per heavy atom. The molecule has 3 aromatic rings. The van der Waals surface area contributed by atoms with E-state index in [0.717, 1.165) is 27.3 Å². The minimum Gasteiger partial charge on any atom is -0.456 e. The molecule has 0 bridgehead atoms. The van der Waals surface area contributed by atoms with E-state index < -0.39 is 0 Å². The maximum Gasteiger partial charge on any atom is 0.358 e. The van der Waals surface area contributed by atoms with Crippen molar-refractivity contribution in [2.45, 2.75) is 27.4 Å². The Bertz CT molecular complexity index is 866. The normalized spacial score (nSPS) is 10.6. The first kappa shape index (κ1) is 16.4. The summed E-state index contributed by atoms with van der Waals surface area (Å²) in [5.41, 5.74) is 5.87. The van der Waals surface area contributed by atoms with Gasteiger partial charge in [-0.3, -0.25) is 0 Å². The van der Waals surface area contributed by atoms with Crippen LogP contribution in [-0.4, -0.2) is 11.0 Å². The summed E-state index contributed by atoms with van der Waals surface area (Å²) in [6.07, 6.45) is 0. The van der Waals surface area contributed by atoms with E-state index in [0.29, 0.717) is 5.69 Å². The summed E-state index contributed by atoms with van der Waals surface area (Å²) in [5.74, 6) is -0.384. The predicted octanol–water partition coefficient (Wildman–Crippen LogP) is 5.09. The van der Waals surface area contributed by atoms with Crippen LogP contribution in [-0.2, 0) is 11.3 Å². The molecule has 0 N–H and O–H groups in total. The lowest BCUT2D eigenvalue weighted by Gasteiger charge is -2.07. The van der Waals surface area contributed by atoms with E-state index in [1.54, 1.807) is 5.38 Å². The second-order valence-corrected chi connectivity index (χ2v) is 6.77. The average molecular weight is 337 g/mol. The quantitative estimate of drug-likeness (QED) is 0.622. The van der Waals surface area contributed by atoms with E-state index >= 15 is 0 Å². The number of aryl methyl sites for hydroxylation is 3. The second-order valence-electron chi connectivity index (χ2n) is 5.91. The van der Waals surface area contributed by atoms with Gasteiger partial charge in [0.1, 0.15) is 11.6 Å². The number of esters is 1. The zero-order chi connectivity index (χ0) is 17.1. The van der Waals surface area contributed by atoms with Crippen LogP contribution in [0, 0.1) is 20.8 Å². The molecule has 0 fully saturated rings. The molecule has 0 radical (unpaired) electrons. The standard InChI is InChI=1S/C20H19NO2S/c1-13-5-8-16(9-6-13)19-21-18(12-24-19)20(22)23-11-17-10-14(2)4-7-15(17)3/h4-10,12H,11H2,1-3H3. The molecule has 3 rings (SSSR count). The van der Waals surface area contributed by atoms with Crippen LogP contribution in [0.4, 0.5) is 0 Å². The van der Waals surface area contributed by atoms with Gasteiger partial charge in [-0.1, -0.05) is 53.6 Å². The fraction of sp³-hybridized carbons (Fsp3) is 0.200. The number of aromatic nitrogens is 1. The van der Waals surface area contributed by atoms with E-state index in [9.17, 15) is 4.79 Å². The number of benzene rings is 2. The highest BCUT2D eigenvalue weighted by Gasteiger charge is 2.14. The number of ether oxygens (including phenoxy) is 1. The van der Waals surface area contributed by atoms with Gasteiger partial charge in [-0.25, -0.2) is 9.78 Å². The summed E-state index contributed by atoms with van der Waals surface area (Å²) in [6, 6.07) is 14.2.